The third kappa shape index (κ3) is 18.2. The molecule has 0 amide bonds. The van der Waals surface area contributed by atoms with Gasteiger partial charge in [0.15, 0.2) is 0 Å². The summed E-state index contributed by atoms with van der Waals surface area (Å²) in [5, 5.41) is 0. The molecule has 0 saturated heterocycles. The molecule has 39 valence electrons. The molecule has 0 nitrogen and oxygen atoms in total. The van der Waals surface area contributed by atoms with Crippen molar-refractivity contribution >= 4 is 47.3 Å². The van der Waals surface area contributed by atoms with Gasteiger partial charge in [-0.3, -0.25) is 0 Å². The fraction of sp³-hybridized carbons (Fsp3) is 1.00. The third-order valence-corrected chi connectivity index (χ3v) is 1.68. The average molecular weight is 235 g/mol. The Morgan fingerprint density at radius 2 is 1.50 bits per heavy atom. The summed E-state index contributed by atoms with van der Waals surface area (Å²) in [6, 6.07) is 0. The standard InChI is InChI=1S/C3H7.2ClH.Sn/c1-3-2;;;/h1,3H2,2H3;2*1H;. The molecule has 0 unspecified atom stereocenters. The Balaban J connectivity index is -0.0000000450. The fourth-order valence-corrected chi connectivity index (χ4v) is 0. The van der Waals surface area contributed by atoms with Crippen molar-refractivity contribution in [3.8, 4) is 0 Å². The number of halogens is 2. The van der Waals surface area contributed by atoms with Gasteiger partial charge in [-0.05, 0) is 0 Å². The van der Waals surface area contributed by atoms with Crippen LogP contribution in [0, 0.1) is 0 Å². The fourth-order valence-electron chi connectivity index (χ4n) is 0. The Kier molecular flexibility index (Phi) is 42.2. The topological polar surface area (TPSA) is 0 Å². The molecule has 0 bridgehead atoms. The summed E-state index contributed by atoms with van der Waals surface area (Å²) in [7, 11) is 0. The Hall–Kier alpha value is 1.38. The molecular weight excluding hydrogens is 226 g/mol. The van der Waals surface area contributed by atoms with Gasteiger partial charge in [0.2, 0.25) is 0 Å². The molecule has 0 rings (SSSR count). The second-order valence-electron chi connectivity index (χ2n) is 0.750. The van der Waals surface area contributed by atoms with E-state index >= 15 is 0 Å². The molecule has 0 N–H and O–H groups in total. The molecule has 3 heteroatoms. The zero-order chi connectivity index (χ0) is 3.41. The van der Waals surface area contributed by atoms with Crippen molar-refractivity contribution in [2.75, 3.05) is 0 Å². The maximum absolute atomic E-state index is 2.20. The Morgan fingerprint density at radius 3 is 1.50 bits per heavy atom. The second kappa shape index (κ2) is 16.2. The van der Waals surface area contributed by atoms with Gasteiger partial charge in [0, 0.05) is 0 Å². The normalized spacial score (nSPS) is 5.00. The summed E-state index contributed by atoms with van der Waals surface area (Å²) in [6.45, 7) is 2.20. The summed E-state index contributed by atoms with van der Waals surface area (Å²) in [5.41, 5.74) is 0. The Morgan fingerprint density at radius 1 is 1.33 bits per heavy atom. The monoisotopic (exact) mass is 235 g/mol. The zero-order valence-corrected chi connectivity index (χ0v) is 8.22. The molecule has 0 atom stereocenters. The van der Waals surface area contributed by atoms with Crippen LogP contribution in [0.25, 0.3) is 0 Å². The molecule has 0 aromatic heterocycles. The van der Waals surface area contributed by atoms with Gasteiger partial charge in [-0.15, -0.1) is 24.8 Å². The molecule has 0 aliphatic heterocycles. The van der Waals surface area contributed by atoms with Crippen molar-refractivity contribution in [1.29, 1.82) is 0 Å². The number of rotatable bonds is 1. The largest absolute Gasteiger partial charge is 0.147 e. The smallest absolute Gasteiger partial charge is 0.147 e. The van der Waals surface area contributed by atoms with Crippen molar-refractivity contribution < 1.29 is 0 Å². The van der Waals surface area contributed by atoms with Gasteiger partial charge in [0.05, 0.1) is 0 Å². The maximum atomic E-state index is 2.20. The molecule has 0 aromatic rings. The molecule has 0 fully saturated rings. The van der Waals surface area contributed by atoms with E-state index < -0.39 is 0 Å². The van der Waals surface area contributed by atoms with E-state index in [9.17, 15) is 0 Å². The average Bonchev–Trinajstić information content (AvgIpc) is 1.37. The van der Waals surface area contributed by atoms with Crippen molar-refractivity contribution in [1.82, 2.24) is 0 Å². The van der Waals surface area contributed by atoms with Crippen molar-refractivity contribution in [3.63, 3.8) is 0 Å². The minimum absolute atomic E-state index is 0. The second-order valence-corrected chi connectivity index (χ2v) is 2.18. The first-order valence-electron chi connectivity index (χ1n) is 1.56. The van der Waals surface area contributed by atoms with E-state index in [-0.39, 0.29) is 24.8 Å². The molecule has 0 aliphatic rings. The van der Waals surface area contributed by atoms with Crippen molar-refractivity contribution in [3.05, 3.63) is 0 Å². The molecule has 0 aliphatic carbocycles. The van der Waals surface area contributed by atoms with E-state index in [1.807, 2.05) is 0 Å². The van der Waals surface area contributed by atoms with Crippen LogP contribution in [0.15, 0.2) is 0 Å². The van der Waals surface area contributed by atoms with Gasteiger partial charge >= 0.3 is 40.3 Å². The van der Waals surface area contributed by atoms with E-state index in [1.54, 1.807) is 22.5 Å². The SMILES string of the molecule is CC[CH2][Sn].Cl.Cl. The minimum atomic E-state index is 0. The van der Waals surface area contributed by atoms with E-state index in [2.05, 4.69) is 6.92 Å². The maximum Gasteiger partial charge on any atom is -0.147 e. The van der Waals surface area contributed by atoms with Crippen LogP contribution in [0.5, 0.6) is 0 Å². The summed E-state index contributed by atoms with van der Waals surface area (Å²) in [6.07, 6.45) is 1.36. The summed E-state index contributed by atoms with van der Waals surface area (Å²) in [5.74, 6) is 0. The van der Waals surface area contributed by atoms with Gasteiger partial charge in [-0.2, -0.15) is 0 Å². The third-order valence-electron chi connectivity index (χ3n) is 0.250. The Labute approximate surface area is 65.0 Å². The molecule has 3 radical (unpaired) electrons. The predicted octanol–water partition coefficient (Wildman–Crippen LogP) is 1.83. The van der Waals surface area contributed by atoms with E-state index in [4.69, 9.17) is 0 Å². The van der Waals surface area contributed by atoms with E-state index in [1.165, 1.54) is 10.9 Å². The molecule has 0 spiro atoms. The van der Waals surface area contributed by atoms with Gasteiger partial charge in [-0.1, -0.05) is 0 Å². The van der Waals surface area contributed by atoms with Crippen LogP contribution in [-0.4, -0.2) is 22.5 Å². The van der Waals surface area contributed by atoms with Crippen LogP contribution < -0.4 is 0 Å². The van der Waals surface area contributed by atoms with Crippen LogP contribution in [0.4, 0.5) is 0 Å². The van der Waals surface area contributed by atoms with E-state index in [0.717, 1.165) is 0 Å². The Bertz CT molecular complexity index is 10.8. The molecule has 0 saturated carbocycles. The number of hydrogen-bond acceptors (Lipinski definition) is 0. The number of hydrogen-bond donors (Lipinski definition) is 0. The quantitative estimate of drug-likeness (QED) is 0.608. The summed E-state index contributed by atoms with van der Waals surface area (Å²) in [4.78, 5) is 0. The van der Waals surface area contributed by atoms with Gasteiger partial charge in [0.25, 0.3) is 0 Å². The van der Waals surface area contributed by atoms with Crippen LogP contribution in [-0.2, 0) is 0 Å². The van der Waals surface area contributed by atoms with E-state index in [0.29, 0.717) is 0 Å². The van der Waals surface area contributed by atoms with Gasteiger partial charge in [-0.25, -0.2) is 0 Å². The summed E-state index contributed by atoms with van der Waals surface area (Å²) < 4.78 is 1.41. The molecule has 6 heavy (non-hydrogen) atoms. The first-order chi connectivity index (χ1) is 1.91. The van der Waals surface area contributed by atoms with Crippen molar-refractivity contribution in [2.45, 2.75) is 17.8 Å². The van der Waals surface area contributed by atoms with Crippen LogP contribution in [0.3, 0.4) is 0 Å². The summed E-state index contributed by atoms with van der Waals surface area (Å²) >= 11 is 1.67. The molecule has 0 aromatic carbocycles. The molecular formula is C3H9Cl2Sn. The first-order valence-corrected chi connectivity index (χ1v) is 3.58. The molecule has 0 heterocycles. The first kappa shape index (κ1) is 15.7. The predicted molar refractivity (Wildman–Crippen MR) is 35.3 cm³/mol. The van der Waals surface area contributed by atoms with Gasteiger partial charge in [0.1, 0.15) is 0 Å². The van der Waals surface area contributed by atoms with Gasteiger partial charge < -0.3 is 0 Å². The van der Waals surface area contributed by atoms with Crippen LogP contribution in [0.2, 0.25) is 4.44 Å². The minimum Gasteiger partial charge on any atom is -0.147 e. The van der Waals surface area contributed by atoms with Crippen molar-refractivity contribution in [2.24, 2.45) is 0 Å². The zero-order valence-electron chi connectivity index (χ0n) is 3.73. The van der Waals surface area contributed by atoms with Crippen LogP contribution >= 0.6 is 24.8 Å². The van der Waals surface area contributed by atoms with Crippen LogP contribution in [0.1, 0.15) is 13.3 Å².